The summed E-state index contributed by atoms with van der Waals surface area (Å²) in [6.45, 7) is 4.59. The van der Waals surface area contributed by atoms with Crippen molar-refractivity contribution in [3.8, 4) is 0 Å². The molecule has 3 aromatic carbocycles. The molecule has 0 saturated heterocycles. The third-order valence-corrected chi connectivity index (χ3v) is 5.80. The molecule has 0 bridgehead atoms. The molecular weight excluding hydrogens is 537 g/mol. The minimum Gasteiger partial charge on any atom is -0.459 e. The molecule has 2 amide bonds. The fraction of sp³-hybridized carbons (Fsp3) is 0.323. The molecule has 3 aromatic rings. The number of hydrogen-bond donors (Lipinski definition) is 1. The van der Waals surface area contributed by atoms with Gasteiger partial charge in [-0.15, -0.1) is 0 Å². The predicted molar refractivity (Wildman–Crippen MR) is 146 cm³/mol. The maximum atomic E-state index is 13.9. The molecule has 41 heavy (non-hydrogen) atoms. The van der Waals surface area contributed by atoms with Gasteiger partial charge in [0.2, 0.25) is 5.91 Å². The van der Waals surface area contributed by atoms with Crippen molar-refractivity contribution in [2.75, 3.05) is 6.54 Å². The highest BCUT2D eigenvalue weighted by Crippen LogP contribution is 2.29. The standard InChI is InChI=1S/C31H33F3N2O5/c1-30(2,3)41-29(39)35-26(18-22-14-16-25(17-15-22)31(32,33)34)28(38)36(19-23-10-6-4-7-11-23)20-27(37)40-21-24-12-8-5-9-13-24/h4-17,26H,18-21H2,1-3H3,(H,35,39)/t26-/m1/s1. The second kappa shape index (κ2) is 13.8. The molecule has 0 heterocycles. The van der Waals surface area contributed by atoms with Crippen molar-refractivity contribution in [1.82, 2.24) is 10.2 Å². The number of hydrogen-bond acceptors (Lipinski definition) is 5. The monoisotopic (exact) mass is 570 g/mol. The maximum Gasteiger partial charge on any atom is 0.416 e. The zero-order valence-corrected chi connectivity index (χ0v) is 23.1. The van der Waals surface area contributed by atoms with E-state index >= 15 is 0 Å². The summed E-state index contributed by atoms with van der Waals surface area (Å²) in [5.74, 6) is -1.29. The Morgan fingerprint density at radius 2 is 1.37 bits per heavy atom. The fourth-order valence-electron chi connectivity index (χ4n) is 3.89. The van der Waals surface area contributed by atoms with Gasteiger partial charge in [-0.3, -0.25) is 9.59 Å². The number of halogens is 3. The molecule has 0 aliphatic carbocycles. The first kappa shape index (κ1) is 31.2. The van der Waals surface area contributed by atoms with Gasteiger partial charge in [-0.25, -0.2) is 4.79 Å². The zero-order valence-electron chi connectivity index (χ0n) is 23.1. The Hall–Kier alpha value is -4.34. The summed E-state index contributed by atoms with van der Waals surface area (Å²) < 4.78 is 49.9. The highest BCUT2D eigenvalue weighted by molar-refractivity contribution is 5.88. The second-order valence-electron chi connectivity index (χ2n) is 10.4. The lowest BCUT2D eigenvalue weighted by molar-refractivity contribution is -0.151. The van der Waals surface area contributed by atoms with E-state index in [1.807, 2.05) is 18.2 Å². The Kier molecular flexibility index (Phi) is 10.5. The van der Waals surface area contributed by atoms with E-state index in [0.29, 0.717) is 5.56 Å². The third kappa shape index (κ3) is 10.6. The van der Waals surface area contributed by atoms with E-state index in [4.69, 9.17) is 9.47 Å². The summed E-state index contributed by atoms with van der Waals surface area (Å²) in [6, 6.07) is 21.0. The van der Waals surface area contributed by atoms with Crippen molar-refractivity contribution in [1.29, 1.82) is 0 Å². The largest absolute Gasteiger partial charge is 0.459 e. The van der Waals surface area contributed by atoms with Crippen molar-refractivity contribution in [3.63, 3.8) is 0 Å². The lowest BCUT2D eigenvalue weighted by Gasteiger charge is -2.28. The SMILES string of the molecule is CC(C)(C)OC(=O)N[C@H](Cc1ccc(C(F)(F)F)cc1)C(=O)N(CC(=O)OCc1ccccc1)Cc1ccccc1. The van der Waals surface area contributed by atoms with Crippen LogP contribution in [0.2, 0.25) is 0 Å². The van der Waals surface area contributed by atoms with Gasteiger partial charge in [0.05, 0.1) is 5.56 Å². The summed E-state index contributed by atoms with van der Waals surface area (Å²) in [5, 5.41) is 2.54. The highest BCUT2D eigenvalue weighted by Gasteiger charge is 2.32. The molecule has 3 rings (SSSR count). The molecule has 0 saturated carbocycles. The number of carbonyl (C=O) groups excluding carboxylic acids is 3. The zero-order chi connectivity index (χ0) is 30.0. The molecule has 0 unspecified atom stereocenters. The van der Waals surface area contributed by atoms with Crippen molar-refractivity contribution >= 4 is 18.0 Å². The summed E-state index contributed by atoms with van der Waals surface area (Å²) in [4.78, 5) is 40.6. The number of nitrogens with one attached hydrogen (secondary N) is 1. The first-order chi connectivity index (χ1) is 19.3. The van der Waals surface area contributed by atoms with E-state index in [9.17, 15) is 27.6 Å². The highest BCUT2D eigenvalue weighted by atomic mass is 19.4. The number of benzene rings is 3. The van der Waals surface area contributed by atoms with Gasteiger partial charge in [0, 0.05) is 13.0 Å². The summed E-state index contributed by atoms with van der Waals surface area (Å²) in [7, 11) is 0. The van der Waals surface area contributed by atoms with Gasteiger partial charge in [0.15, 0.2) is 0 Å². The predicted octanol–water partition coefficient (Wildman–Crippen LogP) is 5.91. The first-order valence-corrected chi connectivity index (χ1v) is 13.0. The summed E-state index contributed by atoms with van der Waals surface area (Å²) in [5.41, 5.74) is 0.169. The van der Waals surface area contributed by atoms with Crippen LogP contribution in [0, 0.1) is 0 Å². The van der Waals surface area contributed by atoms with Crippen LogP contribution >= 0.6 is 0 Å². The number of alkyl halides is 3. The Morgan fingerprint density at radius 1 is 0.805 bits per heavy atom. The Labute approximate surface area is 237 Å². The van der Waals surface area contributed by atoms with Crippen LogP contribution in [0.5, 0.6) is 0 Å². The van der Waals surface area contributed by atoms with Crippen LogP contribution in [0.15, 0.2) is 84.9 Å². The van der Waals surface area contributed by atoms with Crippen LogP contribution in [0.4, 0.5) is 18.0 Å². The van der Waals surface area contributed by atoms with Crippen molar-refractivity contribution in [3.05, 3.63) is 107 Å². The molecule has 0 radical (unpaired) electrons. The molecule has 218 valence electrons. The third-order valence-electron chi connectivity index (χ3n) is 5.80. The average molecular weight is 571 g/mol. The van der Waals surface area contributed by atoms with E-state index in [0.717, 1.165) is 23.3 Å². The average Bonchev–Trinajstić information content (AvgIpc) is 2.91. The van der Waals surface area contributed by atoms with Crippen LogP contribution in [-0.2, 0) is 44.8 Å². The molecule has 7 nitrogen and oxygen atoms in total. The van der Waals surface area contributed by atoms with Crippen LogP contribution in [0.3, 0.4) is 0 Å². The molecule has 0 aliphatic rings. The van der Waals surface area contributed by atoms with Gasteiger partial charge in [-0.05, 0) is 49.6 Å². The molecule has 1 atom stereocenters. The second-order valence-corrected chi connectivity index (χ2v) is 10.4. The van der Waals surface area contributed by atoms with Gasteiger partial charge in [-0.1, -0.05) is 72.8 Å². The van der Waals surface area contributed by atoms with E-state index in [1.165, 1.54) is 17.0 Å². The number of nitrogens with zero attached hydrogens (tertiary/aromatic N) is 1. The van der Waals surface area contributed by atoms with Gasteiger partial charge in [0.25, 0.3) is 0 Å². The number of ether oxygens (including phenoxy) is 2. The number of carbonyl (C=O) groups is 3. The van der Waals surface area contributed by atoms with Crippen LogP contribution in [0.1, 0.15) is 43.0 Å². The lowest BCUT2D eigenvalue weighted by Crippen LogP contribution is -2.51. The van der Waals surface area contributed by atoms with Crippen molar-refractivity contribution in [2.24, 2.45) is 0 Å². The summed E-state index contributed by atoms with van der Waals surface area (Å²) >= 11 is 0. The van der Waals surface area contributed by atoms with Gasteiger partial charge in [0.1, 0.15) is 24.8 Å². The Balaban J connectivity index is 1.85. The van der Waals surface area contributed by atoms with Gasteiger partial charge >= 0.3 is 18.2 Å². The van der Waals surface area contributed by atoms with Crippen molar-refractivity contribution in [2.45, 2.75) is 58.2 Å². The first-order valence-electron chi connectivity index (χ1n) is 13.0. The van der Waals surface area contributed by atoms with E-state index < -0.39 is 47.9 Å². The quantitative estimate of drug-likeness (QED) is 0.306. The molecule has 0 aliphatic heterocycles. The fourth-order valence-corrected chi connectivity index (χ4v) is 3.89. The molecule has 0 aromatic heterocycles. The molecule has 0 fully saturated rings. The number of alkyl carbamates (subject to hydrolysis) is 1. The molecule has 0 spiro atoms. The topological polar surface area (TPSA) is 84.9 Å². The normalized spacial score (nSPS) is 12.2. The van der Waals surface area contributed by atoms with Crippen molar-refractivity contribution < 1.29 is 37.0 Å². The number of amides is 2. The minimum atomic E-state index is -4.52. The lowest BCUT2D eigenvalue weighted by atomic mass is 10.0. The Bertz CT molecular complexity index is 1290. The van der Waals surface area contributed by atoms with Gasteiger partial charge in [-0.2, -0.15) is 13.2 Å². The Morgan fingerprint density at radius 3 is 1.90 bits per heavy atom. The summed E-state index contributed by atoms with van der Waals surface area (Å²) in [6.07, 6.45) is -5.54. The van der Waals surface area contributed by atoms with Crippen LogP contribution in [-0.4, -0.2) is 41.1 Å². The van der Waals surface area contributed by atoms with E-state index in [-0.39, 0.29) is 19.6 Å². The van der Waals surface area contributed by atoms with Crippen LogP contribution < -0.4 is 5.32 Å². The molecule has 1 N–H and O–H groups in total. The minimum absolute atomic E-state index is 0.0121. The van der Waals surface area contributed by atoms with E-state index in [1.54, 1.807) is 63.2 Å². The van der Waals surface area contributed by atoms with E-state index in [2.05, 4.69) is 5.32 Å². The maximum absolute atomic E-state index is 13.9. The number of esters is 1. The number of rotatable bonds is 10. The molecule has 10 heteroatoms. The molecular formula is C31H33F3N2O5. The van der Waals surface area contributed by atoms with Gasteiger partial charge < -0.3 is 19.7 Å². The smallest absolute Gasteiger partial charge is 0.416 e. The van der Waals surface area contributed by atoms with Crippen LogP contribution in [0.25, 0.3) is 0 Å².